The Morgan fingerprint density at radius 1 is 1.28 bits per heavy atom. The van der Waals surface area contributed by atoms with Gasteiger partial charge in [0.1, 0.15) is 0 Å². The molecule has 1 aromatic carbocycles. The van der Waals surface area contributed by atoms with Gasteiger partial charge in [-0.1, -0.05) is 12.1 Å². The topological polar surface area (TPSA) is 48.0 Å². The maximum absolute atomic E-state index is 12.0. The molecule has 3 nitrogen and oxygen atoms in total. The van der Waals surface area contributed by atoms with Crippen LogP contribution in [-0.4, -0.2) is 28.9 Å². The molecule has 6 heteroatoms. The van der Waals surface area contributed by atoms with Crippen LogP contribution in [0.5, 0.6) is 0 Å². The summed E-state index contributed by atoms with van der Waals surface area (Å²) < 4.78 is 36.1. The van der Waals surface area contributed by atoms with Crippen LogP contribution in [0, 0.1) is 0 Å². The predicted molar refractivity (Wildman–Crippen MR) is 62.1 cm³/mol. The third-order valence-electron chi connectivity index (χ3n) is 2.66. The summed E-state index contributed by atoms with van der Waals surface area (Å²) in [7, 11) is 0. The zero-order chi connectivity index (χ0) is 13.2. The van der Waals surface area contributed by atoms with Crippen molar-refractivity contribution in [1.82, 2.24) is 10.3 Å². The first-order valence-electron chi connectivity index (χ1n) is 5.48. The van der Waals surface area contributed by atoms with Crippen LogP contribution in [0.3, 0.4) is 0 Å². The third kappa shape index (κ3) is 3.02. The van der Waals surface area contributed by atoms with E-state index in [1.54, 1.807) is 6.20 Å². The van der Waals surface area contributed by atoms with Gasteiger partial charge in [0.2, 0.25) is 0 Å². The van der Waals surface area contributed by atoms with E-state index in [4.69, 9.17) is 5.11 Å². The summed E-state index contributed by atoms with van der Waals surface area (Å²) in [6.07, 6.45) is -5.10. The third-order valence-corrected chi connectivity index (χ3v) is 2.66. The molecule has 1 aromatic heterocycles. The summed E-state index contributed by atoms with van der Waals surface area (Å²) in [5.41, 5.74) is 1.80. The highest BCUT2D eigenvalue weighted by atomic mass is 19.4. The first-order chi connectivity index (χ1) is 8.47. The van der Waals surface area contributed by atoms with E-state index in [-0.39, 0.29) is 6.54 Å². The molecule has 0 spiro atoms. The van der Waals surface area contributed by atoms with Crippen LogP contribution >= 0.6 is 0 Å². The number of aliphatic hydroxyl groups is 1. The van der Waals surface area contributed by atoms with E-state index in [1.165, 1.54) is 0 Å². The molecule has 0 bridgehead atoms. The van der Waals surface area contributed by atoms with E-state index in [1.807, 2.05) is 24.3 Å². The second-order valence-electron chi connectivity index (χ2n) is 4.09. The molecule has 2 rings (SSSR count). The number of hydrogen-bond acceptors (Lipinski definition) is 2. The Kier molecular flexibility index (Phi) is 3.58. The van der Waals surface area contributed by atoms with Crippen LogP contribution in [-0.2, 0) is 6.54 Å². The maximum Gasteiger partial charge on any atom is 0.415 e. The molecule has 0 radical (unpaired) electrons. The minimum Gasteiger partial charge on any atom is -0.382 e. The van der Waals surface area contributed by atoms with Gasteiger partial charge in [-0.25, -0.2) is 0 Å². The van der Waals surface area contributed by atoms with Crippen molar-refractivity contribution < 1.29 is 18.3 Å². The Morgan fingerprint density at radius 2 is 2.06 bits per heavy atom. The molecule has 1 heterocycles. The van der Waals surface area contributed by atoms with Gasteiger partial charge < -0.3 is 15.4 Å². The Hall–Kier alpha value is -1.53. The lowest BCUT2D eigenvalue weighted by Gasteiger charge is -2.15. The fourth-order valence-corrected chi connectivity index (χ4v) is 1.67. The summed E-state index contributed by atoms with van der Waals surface area (Å²) in [5, 5.41) is 12.4. The first kappa shape index (κ1) is 12.9. The van der Waals surface area contributed by atoms with Gasteiger partial charge in [0, 0.05) is 24.8 Å². The molecule has 98 valence electrons. The minimum atomic E-state index is -4.57. The van der Waals surface area contributed by atoms with Gasteiger partial charge in [0.25, 0.3) is 0 Å². The van der Waals surface area contributed by atoms with Gasteiger partial charge in [-0.05, 0) is 23.1 Å². The number of nitrogens with one attached hydrogen (secondary N) is 2. The number of halogens is 3. The van der Waals surface area contributed by atoms with E-state index in [2.05, 4.69) is 10.3 Å². The van der Waals surface area contributed by atoms with Crippen molar-refractivity contribution >= 4 is 10.9 Å². The van der Waals surface area contributed by atoms with E-state index in [0.29, 0.717) is 0 Å². The van der Waals surface area contributed by atoms with Gasteiger partial charge in [0.05, 0.1) is 0 Å². The smallest absolute Gasteiger partial charge is 0.382 e. The molecule has 3 N–H and O–H groups in total. The van der Waals surface area contributed by atoms with E-state index >= 15 is 0 Å². The molecule has 0 saturated carbocycles. The molecule has 1 unspecified atom stereocenters. The van der Waals surface area contributed by atoms with Crippen LogP contribution in [0.15, 0.2) is 30.5 Å². The van der Waals surface area contributed by atoms with Gasteiger partial charge >= 0.3 is 6.18 Å². The van der Waals surface area contributed by atoms with Crippen molar-refractivity contribution in [3.63, 3.8) is 0 Å². The molecular weight excluding hydrogens is 245 g/mol. The molecule has 2 aromatic rings. The molecule has 0 fully saturated rings. The average molecular weight is 258 g/mol. The van der Waals surface area contributed by atoms with Crippen molar-refractivity contribution in [2.75, 3.05) is 6.54 Å². The number of alkyl halides is 3. The van der Waals surface area contributed by atoms with Crippen LogP contribution < -0.4 is 5.32 Å². The molecule has 0 aliphatic heterocycles. The number of aromatic nitrogens is 1. The Bertz CT molecular complexity index is 521. The SMILES string of the molecule is OC(CNCc1ccc2cc[nH]c2c1)C(F)(F)F. The van der Waals surface area contributed by atoms with Crippen molar-refractivity contribution in [1.29, 1.82) is 0 Å². The largest absolute Gasteiger partial charge is 0.415 e. The van der Waals surface area contributed by atoms with Crippen molar-refractivity contribution in [3.05, 3.63) is 36.0 Å². The fraction of sp³-hybridized carbons (Fsp3) is 0.333. The van der Waals surface area contributed by atoms with E-state index < -0.39 is 18.8 Å². The Labute approximate surface area is 102 Å². The van der Waals surface area contributed by atoms with Crippen LogP contribution in [0.1, 0.15) is 5.56 Å². The number of rotatable bonds is 4. The molecule has 0 aliphatic rings. The van der Waals surface area contributed by atoms with Gasteiger partial charge in [-0.2, -0.15) is 13.2 Å². The summed E-state index contributed by atoms with van der Waals surface area (Å²) in [5.74, 6) is 0. The summed E-state index contributed by atoms with van der Waals surface area (Å²) in [4.78, 5) is 3.03. The lowest BCUT2D eigenvalue weighted by molar-refractivity contribution is -0.201. The van der Waals surface area contributed by atoms with Crippen LogP contribution in [0.4, 0.5) is 13.2 Å². The number of H-pyrrole nitrogens is 1. The standard InChI is InChI=1S/C12H13F3N2O/c13-12(14,15)11(18)7-16-6-8-1-2-9-3-4-17-10(9)5-8/h1-5,11,16-18H,6-7H2. The van der Waals surface area contributed by atoms with Gasteiger partial charge in [-0.3, -0.25) is 0 Å². The number of aromatic amines is 1. The molecule has 1 atom stereocenters. The van der Waals surface area contributed by atoms with Crippen LogP contribution in [0.2, 0.25) is 0 Å². The number of aliphatic hydroxyl groups excluding tert-OH is 1. The predicted octanol–water partition coefficient (Wildman–Crippen LogP) is 2.18. The lowest BCUT2D eigenvalue weighted by atomic mass is 10.1. The monoisotopic (exact) mass is 258 g/mol. The number of fused-ring (bicyclic) bond motifs is 1. The average Bonchev–Trinajstić information content (AvgIpc) is 2.74. The second-order valence-corrected chi connectivity index (χ2v) is 4.09. The number of hydrogen-bond donors (Lipinski definition) is 3. The summed E-state index contributed by atoms with van der Waals surface area (Å²) >= 11 is 0. The highest BCUT2D eigenvalue weighted by Crippen LogP contribution is 2.19. The Balaban J connectivity index is 1.90. The molecule has 18 heavy (non-hydrogen) atoms. The highest BCUT2D eigenvalue weighted by molar-refractivity contribution is 5.79. The van der Waals surface area contributed by atoms with Crippen molar-refractivity contribution in [2.45, 2.75) is 18.8 Å². The van der Waals surface area contributed by atoms with Gasteiger partial charge in [0.15, 0.2) is 6.10 Å². The maximum atomic E-state index is 12.0. The lowest BCUT2D eigenvalue weighted by Crippen LogP contribution is -2.38. The zero-order valence-electron chi connectivity index (χ0n) is 9.46. The van der Waals surface area contributed by atoms with E-state index in [9.17, 15) is 13.2 Å². The molecular formula is C12H13F3N2O. The second kappa shape index (κ2) is 4.99. The van der Waals surface area contributed by atoms with E-state index in [0.717, 1.165) is 16.5 Å². The number of benzene rings is 1. The Morgan fingerprint density at radius 3 is 2.78 bits per heavy atom. The highest BCUT2D eigenvalue weighted by Gasteiger charge is 2.37. The van der Waals surface area contributed by atoms with Crippen molar-refractivity contribution in [2.24, 2.45) is 0 Å². The van der Waals surface area contributed by atoms with Gasteiger partial charge in [-0.15, -0.1) is 0 Å². The molecule has 0 aliphatic carbocycles. The first-order valence-corrected chi connectivity index (χ1v) is 5.48. The normalized spacial score (nSPS) is 14.0. The molecule has 0 amide bonds. The quantitative estimate of drug-likeness (QED) is 0.787. The van der Waals surface area contributed by atoms with Crippen molar-refractivity contribution in [3.8, 4) is 0 Å². The van der Waals surface area contributed by atoms with Crippen LogP contribution in [0.25, 0.3) is 10.9 Å². The zero-order valence-corrected chi connectivity index (χ0v) is 9.46. The minimum absolute atomic E-state index is 0.280. The fourth-order valence-electron chi connectivity index (χ4n) is 1.67. The molecule has 0 saturated heterocycles. The summed E-state index contributed by atoms with van der Waals surface area (Å²) in [6.45, 7) is -0.228. The summed E-state index contributed by atoms with van der Waals surface area (Å²) in [6, 6.07) is 7.51.